The number of hydrogen-bond donors (Lipinski definition) is 1. The first-order valence-electron chi connectivity index (χ1n) is 6.82. The fourth-order valence-electron chi connectivity index (χ4n) is 2.29. The zero-order valence-corrected chi connectivity index (χ0v) is 12.5. The summed E-state index contributed by atoms with van der Waals surface area (Å²) in [6.07, 6.45) is 2.66. The Morgan fingerprint density at radius 3 is 3.00 bits per heavy atom. The number of hydrogen-bond acceptors (Lipinski definition) is 6. The van der Waals surface area contributed by atoms with Crippen LogP contribution >= 0.6 is 11.3 Å². The van der Waals surface area contributed by atoms with E-state index in [-0.39, 0.29) is 0 Å². The molecule has 108 valence electrons. The predicted molar refractivity (Wildman–Crippen MR) is 77.6 cm³/mol. The van der Waals surface area contributed by atoms with Gasteiger partial charge in [0.15, 0.2) is 5.13 Å². The molecule has 0 radical (unpaired) electrons. The molecule has 0 bridgehead atoms. The van der Waals surface area contributed by atoms with Crippen molar-refractivity contribution in [3.8, 4) is 0 Å². The number of likely N-dealkylation sites (N-methyl/N-ethyl adjacent to an activating group) is 1. The Balaban J connectivity index is 2.08. The van der Waals surface area contributed by atoms with Gasteiger partial charge in [0.2, 0.25) is 0 Å². The number of nitrogens with two attached hydrogens (primary N) is 1. The van der Waals surface area contributed by atoms with Crippen molar-refractivity contribution >= 4 is 16.5 Å². The molecule has 19 heavy (non-hydrogen) atoms. The average molecular weight is 285 g/mol. The fourth-order valence-corrected chi connectivity index (χ4v) is 3.31. The van der Waals surface area contributed by atoms with Gasteiger partial charge in [-0.1, -0.05) is 0 Å². The van der Waals surface area contributed by atoms with Crippen LogP contribution in [-0.4, -0.2) is 37.9 Å². The normalized spacial score (nSPS) is 19.0. The first-order chi connectivity index (χ1) is 9.28. The molecule has 1 fully saturated rings. The van der Waals surface area contributed by atoms with Crippen LogP contribution in [0.5, 0.6) is 0 Å². The summed E-state index contributed by atoms with van der Waals surface area (Å²) in [7, 11) is 1.68. The maximum atomic E-state index is 5.77. The van der Waals surface area contributed by atoms with Crippen LogP contribution in [0.4, 0.5) is 5.13 Å². The number of anilines is 1. The molecule has 1 unspecified atom stereocenters. The largest absolute Gasteiger partial charge is 0.378 e. The van der Waals surface area contributed by atoms with Crippen LogP contribution in [0, 0.1) is 0 Å². The Bertz CT molecular complexity index is 391. The molecule has 2 heterocycles. The third-order valence-corrected chi connectivity index (χ3v) is 4.51. The fraction of sp³-hybridized carbons (Fsp3) is 0.769. The van der Waals surface area contributed by atoms with Crippen LogP contribution in [0.15, 0.2) is 0 Å². The molecule has 1 aliphatic rings. The lowest BCUT2D eigenvalue weighted by Crippen LogP contribution is -2.31. The molecule has 1 saturated heterocycles. The number of nitrogens with zero attached hydrogens (tertiary/aromatic N) is 2. The topological polar surface area (TPSA) is 60.6 Å². The summed E-state index contributed by atoms with van der Waals surface area (Å²) >= 11 is 1.67. The van der Waals surface area contributed by atoms with E-state index >= 15 is 0 Å². The molecule has 5 nitrogen and oxygen atoms in total. The second-order valence-corrected chi connectivity index (χ2v) is 5.74. The van der Waals surface area contributed by atoms with E-state index in [1.54, 1.807) is 18.4 Å². The molecule has 1 atom stereocenters. The molecule has 2 rings (SSSR count). The zero-order valence-electron chi connectivity index (χ0n) is 11.7. The van der Waals surface area contributed by atoms with E-state index in [2.05, 4.69) is 16.8 Å². The highest BCUT2D eigenvalue weighted by Crippen LogP contribution is 2.27. The van der Waals surface area contributed by atoms with E-state index in [4.69, 9.17) is 15.2 Å². The van der Waals surface area contributed by atoms with Gasteiger partial charge >= 0.3 is 0 Å². The van der Waals surface area contributed by atoms with Crippen molar-refractivity contribution in [3.63, 3.8) is 0 Å². The van der Waals surface area contributed by atoms with Gasteiger partial charge in [-0.05, 0) is 19.8 Å². The molecule has 0 amide bonds. The summed E-state index contributed by atoms with van der Waals surface area (Å²) in [5.74, 6) is 0. The number of aromatic nitrogens is 1. The first kappa shape index (κ1) is 14.7. The van der Waals surface area contributed by atoms with E-state index in [9.17, 15) is 0 Å². The Kier molecular flexibility index (Phi) is 5.57. The van der Waals surface area contributed by atoms with Crippen LogP contribution in [0.3, 0.4) is 0 Å². The Morgan fingerprint density at radius 1 is 1.58 bits per heavy atom. The van der Waals surface area contributed by atoms with Gasteiger partial charge in [-0.15, -0.1) is 11.3 Å². The summed E-state index contributed by atoms with van der Waals surface area (Å²) in [6, 6.07) is 0. The minimum atomic E-state index is 0.344. The van der Waals surface area contributed by atoms with Crippen molar-refractivity contribution in [2.45, 2.75) is 39.0 Å². The molecule has 0 aromatic carbocycles. The molecule has 1 aliphatic heterocycles. The number of ether oxygens (including phenoxy) is 2. The molecule has 0 spiro atoms. The Morgan fingerprint density at radius 2 is 2.42 bits per heavy atom. The molecule has 1 aromatic rings. The molecule has 2 N–H and O–H groups in total. The first-order valence-corrected chi connectivity index (χ1v) is 7.64. The van der Waals surface area contributed by atoms with E-state index in [1.807, 2.05) is 0 Å². The second-order valence-electron chi connectivity index (χ2n) is 4.68. The number of methoxy groups -OCH3 is 1. The van der Waals surface area contributed by atoms with Gasteiger partial charge in [0.25, 0.3) is 0 Å². The summed E-state index contributed by atoms with van der Waals surface area (Å²) in [5, 5.41) is 1.03. The summed E-state index contributed by atoms with van der Waals surface area (Å²) < 4.78 is 10.9. The number of thiazole rings is 1. The Labute approximate surface area is 118 Å². The summed E-state index contributed by atoms with van der Waals surface area (Å²) in [6.45, 7) is 5.94. The van der Waals surface area contributed by atoms with Crippen LogP contribution < -0.4 is 10.6 Å². The SMILES string of the molecule is CCN(CC1CCCO1)c1nc(COC)c(CN)s1. The van der Waals surface area contributed by atoms with Crippen LogP contribution in [0.1, 0.15) is 30.3 Å². The van der Waals surface area contributed by atoms with Gasteiger partial charge in [-0.3, -0.25) is 0 Å². The minimum Gasteiger partial charge on any atom is -0.378 e. The van der Waals surface area contributed by atoms with Crippen LogP contribution in [0.2, 0.25) is 0 Å². The maximum Gasteiger partial charge on any atom is 0.185 e. The van der Waals surface area contributed by atoms with Crippen molar-refractivity contribution in [3.05, 3.63) is 10.6 Å². The zero-order chi connectivity index (χ0) is 13.7. The monoisotopic (exact) mass is 285 g/mol. The van der Waals surface area contributed by atoms with Crippen molar-refractivity contribution in [2.24, 2.45) is 5.73 Å². The van der Waals surface area contributed by atoms with E-state index in [0.717, 1.165) is 41.8 Å². The molecular weight excluding hydrogens is 262 g/mol. The smallest absolute Gasteiger partial charge is 0.185 e. The Hall–Kier alpha value is -0.690. The van der Waals surface area contributed by atoms with Gasteiger partial charge in [0, 0.05) is 38.2 Å². The third-order valence-electron chi connectivity index (χ3n) is 3.33. The predicted octanol–water partition coefficient (Wildman–Crippen LogP) is 1.75. The van der Waals surface area contributed by atoms with Gasteiger partial charge < -0.3 is 20.1 Å². The maximum absolute atomic E-state index is 5.77. The van der Waals surface area contributed by atoms with Crippen molar-refractivity contribution in [1.82, 2.24) is 4.98 Å². The van der Waals surface area contributed by atoms with Crippen molar-refractivity contribution in [1.29, 1.82) is 0 Å². The lowest BCUT2D eigenvalue weighted by Gasteiger charge is -2.23. The quantitative estimate of drug-likeness (QED) is 0.827. The highest BCUT2D eigenvalue weighted by atomic mass is 32.1. The van der Waals surface area contributed by atoms with Crippen molar-refractivity contribution < 1.29 is 9.47 Å². The molecular formula is C13H23N3O2S. The summed E-state index contributed by atoms with van der Waals surface area (Å²) in [5.41, 5.74) is 6.74. The highest BCUT2D eigenvalue weighted by Gasteiger charge is 2.21. The summed E-state index contributed by atoms with van der Waals surface area (Å²) in [4.78, 5) is 8.06. The number of rotatable bonds is 7. The lowest BCUT2D eigenvalue weighted by molar-refractivity contribution is 0.115. The minimum absolute atomic E-state index is 0.344. The molecule has 1 aromatic heterocycles. The standard InChI is InChI=1S/C13H23N3O2S/c1-3-16(8-10-5-4-6-18-10)13-15-11(9-17-2)12(7-14)19-13/h10H,3-9,14H2,1-2H3. The van der Waals surface area contributed by atoms with Gasteiger partial charge in [0.05, 0.1) is 18.4 Å². The third kappa shape index (κ3) is 3.66. The van der Waals surface area contributed by atoms with E-state index in [1.165, 1.54) is 6.42 Å². The van der Waals surface area contributed by atoms with Gasteiger partial charge in [0.1, 0.15) is 0 Å². The molecule has 6 heteroatoms. The van der Waals surface area contributed by atoms with Gasteiger partial charge in [-0.25, -0.2) is 4.98 Å². The van der Waals surface area contributed by atoms with Gasteiger partial charge in [-0.2, -0.15) is 0 Å². The molecule has 0 aliphatic carbocycles. The van der Waals surface area contributed by atoms with E-state index in [0.29, 0.717) is 19.3 Å². The average Bonchev–Trinajstić information content (AvgIpc) is 3.05. The lowest BCUT2D eigenvalue weighted by atomic mass is 10.2. The van der Waals surface area contributed by atoms with Crippen LogP contribution in [0.25, 0.3) is 0 Å². The van der Waals surface area contributed by atoms with E-state index < -0.39 is 0 Å². The second kappa shape index (κ2) is 7.19. The molecule has 0 saturated carbocycles. The highest BCUT2D eigenvalue weighted by molar-refractivity contribution is 7.15. The van der Waals surface area contributed by atoms with Crippen LogP contribution in [-0.2, 0) is 22.6 Å². The van der Waals surface area contributed by atoms with Crippen molar-refractivity contribution in [2.75, 3.05) is 31.7 Å².